The summed E-state index contributed by atoms with van der Waals surface area (Å²) in [5.41, 5.74) is -2.84. The molecule has 0 radical (unpaired) electrons. The first-order valence-electron chi connectivity index (χ1n) is 16.0. The van der Waals surface area contributed by atoms with Crippen LogP contribution in [0.15, 0.2) is 59.5 Å². The molecule has 1 heterocycles. The lowest BCUT2D eigenvalue weighted by Crippen LogP contribution is -2.49. The van der Waals surface area contributed by atoms with Crippen LogP contribution >= 0.6 is 23.2 Å². The molecule has 0 spiro atoms. The summed E-state index contributed by atoms with van der Waals surface area (Å²) in [4.78, 5) is 16.8. The van der Waals surface area contributed by atoms with Crippen molar-refractivity contribution in [3.05, 3.63) is 98.3 Å². The number of aliphatic hydroxyl groups is 2. The van der Waals surface area contributed by atoms with Crippen molar-refractivity contribution in [3.63, 3.8) is 0 Å². The molecular weight excluding hydrogens is 678 g/mol. The number of rotatable bonds is 13. The molecule has 2 fully saturated rings. The van der Waals surface area contributed by atoms with Crippen LogP contribution in [0, 0.1) is 17.2 Å². The zero-order valence-electron chi connectivity index (χ0n) is 27.7. The average molecular weight is 722 g/mol. The predicted octanol–water partition coefficient (Wildman–Crippen LogP) is 6.02. The standard InChI is InChI=1S/C36H43Cl2FN2O6S/c1-34(44,26-11-15-40(2)16-12-26)28-17-25(21-42)33(31(39)18-28)36(27-6-9-29(37)10-7-27,47-23-35(22-43)13-14-35)41(3)20-24-5-8-30(38)19-32(24)48(4,45)46/h5-10,17-19,21,26,43-44H,11-16,20,22-23H2,1-4H3/t34?,36-/m1/s1. The fourth-order valence-corrected chi connectivity index (χ4v) is 8.14. The molecule has 8 nitrogen and oxygen atoms in total. The van der Waals surface area contributed by atoms with Gasteiger partial charge in [0.05, 0.1) is 23.7 Å². The van der Waals surface area contributed by atoms with E-state index in [0.29, 0.717) is 48.1 Å². The number of sulfone groups is 1. The maximum Gasteiger partial charge on any atom is 0.177 e. The molecule has 0 bridgehead atoms. The molecule has 3 aromatic carbocycles. The molecule has 12 heteroatoms. The van der Waals surface area contributed by atoms with Crippen LogP contribution < -0.4 is 0 Å². The second-order valence-electron chi connectivity index (χ2n) is 13.7. The van der Waals surface area contributed by atoms with Gasteiger partial charge in [0.2, 0.25) is 0 Å². The van der Waals surface area contributed by atoms with Gasteiger partial charge in [0, 0.05) is 45.0 Å². The second-order valence-corrected chi connectivity index (χ2v) is 16.6. The van der Waals surface area contributed by atoms with Crippen molar-refractivity contribution in [2.75, 3.05) is 46.7 Å². The third kappa shape index (κ3) is 7.37. The average Bonchev–Trinajstić information content (AvgIpc) is 3.83. The Morgan fingerprint density at radius 1 is 1.06 bits per heavy atom. The smallest absolute Gasteiger partial charge is 0.177 e. The van der Waals surface area contributed by atoms with Gasteiger partial charge >= 0.3 is 0 Å². The molecule has 0 aromatic heterocycles. The molecular formula is C36H43Cl2FN2O6S. The monoisotopic (exact) mass is 720 g/mol. The van der Waals surface area contributed by atoms with Crippen molar-refractivity contribution in [2.45, 2.75) is 55.4 Å². The van der Waals surface area contributed by atoms with Crippen LogP contribution in [0.3, 0.4) is 0 Å². The van der Waals surface area contributed by atoms with Crippen LogP contribution in [0.1, 0.15) is 65.2 Å². The third-order valence-corrected chi connectivity index (χ3v) is 11.8. The first-order valence-corrected chi connectivity index (χ1v) is 18.6. The number of benzene rings is 3. The Morgan fingerprint density at radius 3 is 2.25 bits per heavy atom. The Morgan fingerprint density at radius 2 is 1.69 bits per heavy atom. The highest BCUT2D eigenvalue weighted by Crippen LogP contribution is 2.50. The zero-order chi connectivity index (χ0) is 35.1. The Kier molecular flexibility index (Phi) is 10.8. The summed E-state index contributed by atoms with van der Waals surface area (Å²) in [6.45, 7) is 3.03. The molecule has 0 amide bonds. The van der Waals surface area contributed by atoms with Gasteiger partial charge in [0.1, 0.15) is 5.82 Å². The van der Waals surface area contributed by atoms with Crippen LogP contribution in [0.2, 0.25) is 10.0 Å². The van der Waals surface area contributed by atoms with Crippen LogP contribution in [0.4, 0.5) is 4.39 Å². The first kappa shape index (κ1) is 36.9. The van der Waals surface area contributed by atoms with E-state index in [2.05, 4.69) is 4.90 Å². The van der Waals surface area contributed by atoms with Gasteiger partial charge in [0.25, 0.3) is 0 Å². The Labute approximate surface area is 292 Å². The Hall–Kier alpha value is -2.41. The molecule has 1 saturated heterocycles. The van der Waals surface area contributed by atoms with Crippen LogP contribution in [0.25, 0.3) is 0 Å². The summed E-state index contributed by atoms with van der Waals surface area (Å²) in [7, 11) is -0.0589. The topological polar surface area (TPSA) is 107 Å². The molecule has 1 aliphatic carbocycles. The largest absolute Gasteiger partial charge is 0.396 e. The summed E-state index contributed by atoms with van der Waals surface area (Å²) >= 11 is 12.5. The first-order chi connectivity index (χ1) is 22.6. The summed E-state index contributed by atoms with van der Waals surface area (Å²) in [5, 5.41) is 22.7. The van der Waals surface area contributed by atoms with E-state index in [1.807, 2.05) is 7.05 Å². The molecule has 2 aliphatic rings. The normalized spacial score (nSPS) is 19.5. The molecule has 48 heavy (non-hydrogen) atoms. The highest BCUT2D eigenvalue weighted by molar-refractivity contribution is 7.90. The minimum atomic E-state index is -3.73. The van der Waals surface area contributed by atoms with E-state index in [4.69, 9.17) is 27.9 Å². The highest BCUT2D eigenvalue weighted by atomic mass is 35.5. The van der Waals surface area contributed by atoms with Gasteiger partial charge in [-0.2, -0.15) is 0 Å². The van der Waals surface area contributed by atoms with Crippen molar-refractivity contribution in [1.29, 1.82) is 0 Å². The quantitative estimate of drug-likeness (QED) is 0.163. The molecule has 260 valence electrons. The van der Waals surface area contributed by atoms with Crippen molar-refractivity contribution >= 4 is 39.3 Å². The SMILES string of the molecule is CN1CCC(C(C)(O)c2cc(F)c([C@](OCC3(CO)CC3)(c3ccc(Cl)cc3)N(C)Cc3ccc(Cl)cc3S(C)(=O)=O)c(C=O)c2)CC1. The van der Waals surface area contributed by atoms with E-state index in [9.17, 15) is 23.4 Å². The van der Waals surface area contributed by atoms with E-state index in [-0.39, 0.29) is 52.3 Å². The van der Waals surface area contributed by atoms with Crippen molar-refractivity contribution < 1.29 is 32.6 Å². The van der Waals surface area contributed by atoms with Gasteiger partial charge in [0.15, 0.2) is 21.8 Å². The Balaban J connectivity index is 1.73. The van der Waals surface area contributed by atoms with E-state index >= 15 is 4.39 Å². The van der Waals surface area contributed by atoms with Gasteiger partial charge in [-0.15, -0.1) is 0 Å². The fraction of sp³-hybridized carbons (Fsp3) is 0.472. The highest BCUT2D eigenvalue weighted by Gasteiger charge is 2.50. The summed E-state index contributed by atoms with van der Waals surface area (Å²) in [6.07, 6.45) is 4.44. The summed E-state index contributed by atoms with van der Waals surface area (Å²) in [6, 6.07) is 13.9. The Bertz CT molecular complexity index is 1760. The zero-order valence-corrected chi connectivity index (χ0v) is 30.0. The number of carbonyl (C=O) groups excluding carboxylic acids is 1. The van der Waals surface area contributed by atoms with Crippen LogP contribution in [-0.4, -0.2) is 81.4 Å². The van der Waals surface area contributed by atoms with E-state index in [0.717, 1.165) is 19.3 Å². The minimum absolute atomic E-state index is 0.00137. The minimum Gasteiger partial charge on any atom is -0.396 e. The fourth-order valence-electron chi connectivity index (χ4n) is 6.83. The molecule has 2 N–H and O–H groups in total. The summed E-state index contributed by atoms with van der Waals surface area (Å²) in [5.74, 6) is -0.935. The third-order valence-electron chi connectivity index (χ3n) is 10.2. The number of hydrogen-bond donors (Lipinski definition) is 2. The second kappa shape index (κ2) is 14.1. The number of hydrogen-bond acceptors (Lipinski definition) is 8. The lowest BCUT2D eigenvalue weighted by Gasteiger charge is -2.45. The van der Waals surface area contributed by atoms with Crippen LogP contribution in [-0.2, 0) is 32.4 Å². The van der Waals surface area contributed by atoms with E-state index in [1.54, 1.807) is 55.3 Å². The maximum absolute atomic E-state index is 17.1. The number of aliphatic hydroxyl groups excluding tert-OH is 1. The van der Waals surface area contributed by atoms with E-state index in [1.165, 1.54) is 18.2 Å². The summed E-state index contributed by atoms with van der Waals surface area (Å²) < 4.78 is 49.6. The van der Waals surface area contributed by atoms with Crippen molar-refractivity contribution in [1.82, 2.24) is 9.80 Å². The van der Waals surface area contributed by atoms with Crippen molar-refractivity contribution in [3.8, 4) is 0 Å². The predicted molar refractivity (Wildman–Crippen MR) is 185 cm³/mol. The number of piperidine rings is 1. The number of likely N-dealkylation sites (tertiary alicyclic amines) is 1. The van der Waals surface area contributed by atoms with Gasteiger partial charge < -0.3 is 19.8 Å². The number of nitrogens with zero attached hydrogens (tertiary/aromatic N) is 2. The molecule has 1 unspecified atom stereocenters. The maximum atomic E-state index is 17.1. The molecule has 1 saturated carbocycles. The van der Waals surface area contributed by atoms with Crippen molar-refractivity contribution in [2.24, 2.45) is 11.3 Å². The lowest BCUT2D eigenvalue weighted by atomic mass is 9.76. The van der Waals surface area contributed by atoms with E-state index < -0.39 is 32.4 Å². The van der Waals surface area contributed by atoms with Gasteiger partial charge in [-0.05, 0) is 113 Å². The van der Waals surface area contributed by atoms with Gasteiger partial charge in [-0.3, -0.25) is 9.69 Å². The molecule has 5 rings (SSSR count). The lowest BCUT2D eigenvalue weighted by molar-refractivity contribution is -0.146. The number of aldehydes is 1. The molecule has 3 aromatic rings. The number of carbonyl (C=O) groups is 1. The van der Waals surface area contributed by atoms with Crippen LogP contribution in [0.5, 0.6) is 0 Å². The number of halogens is 3. The van der Waals surface area contributed by atoms with Gasteiger partial charge in [-0.25, -0.2) is 12.8 Å². The number of ether oxygens (including phenoxy) is 1. The molecule has 2 atom stereocenters. The molecule has 1 aliphatic heterocycles. The van der Waals surface area contributed by atoms with Gasteiger partial charge in [-0.1, -0.05) is 41.4 Å².